The molecule has 0 aliphatic heterocycles. The Labute approximate surface area is 81.9 Å². The van der Waals surface area contributed by atoms with Crippen molar-refractivity contribution in [2.24, 2.45) is 5.92 Å². The molecule has 0 aromatic carbocycles. The molecule has 0 spiro atoms. The van der Waals surface area contributed by atoms with Crippen molar-refractivity contribution in [1.29, 1.82) is 0 Å². The summed E-state index contributed by atoms with van der Waals surface area (Å²) < 4.78 is 0. The van der Waals surface area contributed by atoms with Crippen molar-refractivity contribution in [2.75, 3.05) is 13.1 Å². The summed E-state index contributed by atoms with van der Waals surface area (Å²) in [5.74, 6) is 0.915. The summed E-state index contributed by atoms with van der Waals surface area (Å²) in [5, 5.41) is 3.30. The van der Waals surface area contributed by atoms with Crippen molar-refractivity contribution in [3.63, 3.8) is 0 Å². The average Bonchev–Trinajstić information content (AvgIpc) is 2.90. The Morgan fingerprint density at radius 3 is 2.92 bits per heavy atom. The largest absolute Gasteiger partial charge is 0.317 e. The maximum Gasteiger partial charge on any atom is -0.00143 e. The highest BCUT2D eigenvalue weighted by molar-refractivity contribution is 5.27. The molecule has 1 aliphatic carbocycles. The summed E-state index contributed by atoms with van der Waals surface area (Å²) in [6.07, 6.45) is 10.6. The summed E-state index contributed by atoms with van der Waals surface area (Å²) in [5.41, 5.74) is 1.64. The van der Waals surface area contributed by atoms with Gasteiger partial charge >= 0.3 is 0 Å². The van der Waals surface area contributed by atoms with Crippen LogP contribution in [0.1, 0.15) is 33.1 Å². The van der Waals surface area contributed by atoms with Crippen molar-refractivity contribution >= 4 is 0 Å². The topological polar surface area (TPSA) is 12.0 Å². The highest BCUT2D eigenvalue weighted by Gasteiger charge is 2.25. The van der Waals surface area contributed by atoms with E-state index in [1.807, 2.05) is 0 Å². The summed E-state index contributed by atoms with van der Waals surface area (Å²) in [6, 6.07) is 0. The van der Waals surface area contributed by atoms with Crippen LogP contribution < -0.4 is 5.32 Å². The molecule has 0 amide bonds. The number of hydrogen-bond donors (Lipinski definition) is 1. The van der Waals surface area contributed by atoms with E-state index in [1.165, 1.54) is 12.8 Å². The molecule has 1 heteroatoms. The van der Waals surface area contributed by atoms with Crippen LogP contribution in [0.4, 0.5) is 0 Å². The molecule has 0 radical (unpaired) electrons. The van der Waals surface area contributed by atoms with E-state index >= 15 is 0 Å². The molecule has 1 fully saturated rings. The van der Waals surface area contributed by atoms with Crippen molar-refractivity contribution in [3.8, 4) is 0 Å². The number of hydrogen-bond acceptors (Lipinski definition) is 1. The zero-order valence-electron chi connectivity index (χ0n) is 8.84. The second-order valence-electron chi connectivity index (χ2n) is 3.62. The first-order valence-electron chi connectivity index (χ1n) is 5.44. The van der Waals surface area contributed by atoms with Gasteiger partial charge in [0.05, 0.1) is 0 Å². The number of allylic oxidation sites excluding steroid dienone is 3. The molecule has 1 saturated carbocycles. The summed E-state index contributed by atoms with van der Waals surface area (Å²) >= 11 is 0. The van der Waals surface area contributed by atoms with Crippen LogP contribution in [0.15, 0.2) is 23.8 Å². The molecule has 0 saturated heterocycles. The van der Waals surface area contributed by atoms with Gasteiger partial charge in [0.2, 0.25) is 0 Å². The van der Waals surface area contributed by atoms with Crippen molar-refractivity contribution in [1.82, 2.24) is 5.32 Å². The van der Waals surface area contributed by atoms with Crippen LogP contribution in [0.25, 0.3) is 0 Å². The Balaban J connectivity index is 2.02. The number of nitrogens with one attached hydrogen (secondary N) is 1. The van der Waals surface area contributed by atoms with Gasteiger partial charge in [-0.3, -0.25) is 0 Å². The first kappa shape index (κ1) is 10.5. The van der Waals surface area contributed by atoms with Crippen LogP contribution in [-0.4, -0.2) is 13.1 Å². The summed E-state index contributed by atoms with van der Waals surface area (Å²) in [4.78, 5) is 0. The van der Waals surface area contributed by atoms with E-state index in [0.29, 0.717) is 0 Å². The monoisotopic (exact) mass is 179 g/mol. The fourth-order valence-corrected chi connectivity index (χ4v) is 1.49. The lowest BCUT2D eigenvalue weighted by molar-refractivity contribution is 0.726. The molecule has 1 unspecified atom stereocenters. The van der Waals surface area contributed by atoms with Crippen LogP contribution >= 0.6 is 0 Å². The van der Waals surface area contributed by atoms with E-state index in [9.17, 15) is 0 Å². The van der Waals surface area contributed by atoms with E-state index < -0.39 is 0 Å². The molecule has 13 heavy (non-hydrogen) atoms. The van der Waals surface area contributed by atoms with E-state index in [4.69, 9.17) is 0 Å². The van der Waals surface area contributed by atoms with E-state index in [1.54, 1.807) is 5.57 Å². The minimum Gasteiger partial charge on any atom is -0.317 e. The molecule has 1 atom stereocenters. The normalized spacial score (nSPS) is 24.5. The lowest BCUT2D eigenvalue weighted by atomic mass is 10.3. The Morgan fingerprint density at radius 1 is 1.46 bits per heavy atom. The van der Waals surface area contributed by atoms with Gasteiger partial charge in [-0.25, -0.2) is 0 Å². The van der Waals surface area contributed by atoms with Crippen molar-refractivity contribution in [2.45, 2.75) is 33.1 Å². The first-order chi connectivity index (χ1) is 6.38. The van der Waals surface area contributed by atoms with Gasteiger partial charge in [0, 0.05) is 0 Å². The SMILES string of the molecule is CCNCCC=C/C=C1/CC1CC. The third-order valence-electron chi connectivity index (χ3n) is 2.52. The minimum absolute atomic E-state index is 0.915. The minimum atomic E-state index is 0.915. The lowest BCUT2D eigenvalue weighted by Gasteiger charge is -1.94. The third-order valence-corrected chi connectivity index (χ3v) is 2.52. The molecule has 74 valence electrons. The highest BCUT2D eigenvalue weighted by atomic mass is 14.8. The van der Waals surface area contributed by atoms with Crippen LogP contribution in [0.5, 0.6) is 0 Å². The van der Waals surface area contributed by atoms with Crippen LogP contribution in [-0.2, 0) is 0 Å². The van der Waals surface area contributed by atoms with Gasteiger partial charge in [0.25, 0.3) is 0 Å². The third kappa shape index (κ3) is 4.28. The second-order valence-corrected chi connectivity index (χ2v) is 3.62. The average molecular weight is 179 g/mol. The molecule has 1 nitrogen and oxygen atoms in total. The van der Waals surface area contributed by atoms with Crippen molar-refractivity contribution in [3.05, 3.63) is 23.8 Å². The number of rotatable bonds is 6. The fraction of sp³-hybridized carbons (Fsp3) is 0.667. The molecule has 0 bridgehead atoms. The van der Waals surface area contributed by atoms with E-state index in [0.717, 1.165) is 25.4 Å². The lowest BCUT2D eigenvalue weighted by Crippen LogP contribution is -2.12. The molecule has 1 N–H and O–H groups in total. The Kier molecular flexibility index (Phi) is 4.84. The summed E-state index contributed by atoms with van der Waals surface area (Å²) in [6.45, 7) is 6.59. The highest BCUT2D eigenvalue weighted by Crippen LogP contribution is 2.39. The zero-order chi connectivity index (χ0) is 9.52. The fourth-order valence-electron chi connectivity index (χ4n) is 1.49. The van der Waals surface area contributed by atoms with Gasteiger partial charge in [0.1, 0.15) is 0 Å². The van der Waals surface area contributed by atoms with Gasteiger partial charge in [-0.1, -0.05) is 37.6 Å². The van der Waals surface area contributed by atoms with Gasteiger partial charge in [-0.2, -0.15) is 0 Å². The quantitative estimate of drug-likeness (QED) is 0.618. The zero-order valence-corrected chi connectivity index (χ0v) is 8.84. The van der Waals surface area contributed by atoms with Crippen LogP contribution in [0.2, 0.25) is 0 Å². The molecular formula is C12H21N. The second kappa shape index (κ2) is 5.98. The molecule has 0 aromatic rings. The smallest absolute Gasteiger partial charge is 0.00143 e. The van der Waals surface area contributed by atoms with Gasteiger partial charge in [-0.15, -0.1) is 0 Å². The van der Waals surface area contributed by atoms with Gasteiger partial charge < -0.3 is 5.32 Å². The Morgan fingerprint density at radius 2 is 2.31 bits per heavy atom. The maximum atomic E-state index is 3.30. The predicted molar refractivity (Wildman–Crippen MR) is 58.8 cm³/mol. The van der Waals surface area contributed by atoms with Gasteiger partial charge in [-0.05, 0) is 38.3 Å². The van der Waals surface area contributed by atoms with Crippen LogP contribution in [0.3, 0.4) is 0 Å². The first-order valence-corrected chi connectivity index (χ1v) is 5.44. The molecule has 0 heterocycles. The molecule has 0 aromatic heterocycles. The predicted octanol–water partition coefficient (Wildman–Crippen LogP) is 2.90. The van der Waals surface area contributed by atoms with E-state index in [2.05, 4.69) is 37.4 Å². The Hall–Kier alpha value is -0.560. The van der Waals surface area contributed by atoms with Gasteiger partial charge in [0.15, 0.2) is 0 Å². The maximum absolute atomic E-state index is 3.30. The van der Waals surface area contributed by atoms with Crippen LogP contribution in [0, 0.1) is 5.92 Å². The standard InChI is InChI=1S/C12H21N/c1-3-11-10-12(11)8-6-5-7-9-13-4-2/h5-6,8,11,13H,3-4,7,9-10H2,1-2H3/b6-5?,12-8-. The van der Waals surface area contributed by atoms with Crippen molar-refractivity contribution < 1.29 is 0 Å². The molecular weight excluding hydrogens is 158 g/mol. The van der Waals surface area contributed by atoms with E-state index in [-0.39, 0.29) is 0 Å². The molecule has 1 aliphatic rings. The molecule has 1 rings (SSSR count). The Bertz CT molecular complexity index is 191. The summed E-state index contributed by atoms with van der Waals surface area (Å²) in [7, 11) is 0.